The summed E-state index contributed by atoms with van der Waals surface area (Å²) in [5.74, 6) is -1.09. The molecule has 0 aromatic carbocycles. The standard InChI is InChI=1S/C10H20N2O4/c1-5-11-6-7(8(13)14)12-9(15)16-10(2,3)4/h7,11H,5-6H2,1-4H3,(H,12,15)(H,13,14)/t7-/m1/s1. The smallest absolute Gasteiger partial charge is 0.408 e. The molecule has 0 rings (SSSR count). The van der Waals surface area contributed by atoms with Gasteiger partial charge < -0.3 is 20.5 Å². The Morgan fingerprint density at radius 1 is 1.38 bits per heavy atom. The maximum atomic E-state index is 11.3. The summed E-state index contributed by atoms with van der Waals surface area (Å²) < 4.78 is 4.96. The SMILES string of the molecule is CCNC[C@@H](NC(=O)OC(C)(C)C)C(=O)O. The number of carbonyl (C=O) groups excluding carboxylic acids is 1. The third-order valence-corrected chi connectivity index (χ3v) is 1.59. The van der Waals surface area contributed by atoms with Crippen molar-refractivity contribution in [2.24, 2.45) is 0 Å². The largest absolute Gasteiger partial charge is 0.480 e. The van der Waals surface area contributed by atoms with Crippen molar-refractivity contribution in [3.63, 3.8) is 0 Å². The first-order valence-corrected chi connectivity index (χ1v) is 5.19. The Hall–Kier alpha value is -1.30. The third-order valence-electron chi connectivity index (χ3n) is 1.59. The second kappa shape index (κ2) is 6.32. The highest BCUT2D eigenvalue weighted by molar-refractivity contribution is 5.80. The third kappa shape index (κ3) is 7.05. The van der Waals surface area contributed by atoms with Crippen LogP contribution >= 0.6 is 0 Å². The molecule has 0 aliphatic heterocycles. The number of carboxylic acid groups (broad SMARTS) is 1. The quantitative estimate of drug-likeness (QED) is 0.645. The topological polar surface area (TPSA) is 87.7 Å². The van der Waals surface area contributed by atoms with E-state index < -0.39 is 23.7 Å². The summed E-state index contributed by atoms with van der Waals surface area (Å²) in [6.45, 7) is 7.81. The minimum atomic E-state index is -1.09. The molecule has 0 aliphatic carbocycles. The lowest BCUT2D eigenvalue weighted by Gasteiger charge is -2.22. The van der Waals surface area contributed by atoms with Gasteiger partial charge in [0.05, 0.1) is 0 Å². The van der Waals surface area contributed by atoms with Gasteiger partial charge in [0, 0.05) is 6.54 Å². The summed E-state index contributed by atoms with van der Waals surface area (Å²) >= 11 is 0. The summed E-state index contributed by atoms with van der Waals surface area (Å²) in [7, 11) is 0. The van der Waals surface area contributed by atoms with Gasteiger partial charge in [0.2, 0.25) is 0 Å². The van der Waals surface area contributed by atoms with Crippen molar-refractivity contribution in [1.29, 1.82) is 0 Å². The molecule has 0 saturated heterocycles. The van der Waals surface area contributed by atoms with Crippen LogP contribution in [0.1, 0.15) is 27.7 Å². The molecule has 0 aromatic heterocycles. The molecule has 1 atom stereocenters. The minimum Gasteiger partial charge on any atom is -0.480 e. The summed E-state index contributed by atoms with van der Waals surface area (Å²) in [4.78, 5) is 22.1. The molecule has 0 aromatic rings. The van der Waals surface area contributed by atoms with E-state index in [2.05, 4.69) is 10.6 Å². The van der Waals surface area contributed by atoms with Crippen molar-refractivity contribution in [2.75, 3.05) is 13.1 Å². The van der Waals surface area contributed by atoms with Gasteiger partial charge in [-0.3, -0.25) is 0 Å². The average Bonchev–Trinajstić information content (AvgIpc) is 2.08. The molecular formula is C10H20N2O4. The first-order chi connectivity index (χ1) is 7.26. The number of aliphatic carboxylic acids is 1. The van der Waals surface area contributed by atoms with Crippen molar-refractivity contribution >= 4 is 12.1 Å². The highest BCUT2D eigenvalue weighted by atomic mass is 16.6. The summed E-state index contributed by atoms with van der Waals surface area (Å²) in [6.07, 6.45) is -0.724. The van der Waals surface area contributed by atoms with Crippen LogP contribution in [0.4, 0.5) is 4.79 Å². The van der Waals surface area contributed by atoms with Gasteiger partial charge in [0.1, 0.15) is 11.6 Å². The van der Waals surface area contributed by atoms with Crippen LogP contribution < -0.4 is 10.6 Å². The predicted molar refractivity (Wildman–Crippen MR) is 59.3 cm³/mol. The number of likely N-dealkylation sites (N-methyl/N-ethyl adjacent to an activating group) is 1. The Labute approximate surface area is 95.4 Å². The first kappa shape index (κ1) is 14.7. The molecule has 0 aliphatic rings. The Morgan fingerprint density at radius 3 is 2.31 bits per heavy atom. The lowest BCUT2D eigenvalue weighted by molar-refractivity contribution is -0.139. The van der Waals surface area contributed by atoms with Gasteiger partial charge in [-0.15, -0.1) is 0 Å². The van der Waals surface area contributed by atoms with Gasteiger partial charge in [-0.05, 0) is 27.3 Å². The van der Waals surface area contributed by atoms with Crippen molar-refractivity contribution in [3.8, 4) is 0 Å². The molecule has 16 heavy (non-hydrogen) atoms. The number of hydrogen-bond acceptors (Lipinski definition) is 4. The summed E-state index contributed by atoms with van der Waals surface area (Å²) in [6, 6.07) is -0.977. The Balaban J connectivity index is 4.19. The lowest BCUT2D eigenvalue weighted by Crippen LogP contribution is -2.48. The maximum Gasteiger partial charge on any atom is 0.408 e. The van der Waals surface area contributed by atoms with Gasteiger partial charge in [-0.1, -0.05) is 6.92 Å². The van der Waals surface area contributed by atoms with Crippen LogP contribution in [-0.2, 0) is 9.53 Å². The molecule has 0 unspecified atom stereocenters. The molecule has 0 fully saturated rings. The molecular weight excluding hydrogens is 212 g/mol. The number of carboxylic acids is 1. The number of nitrogens with one attached hydrogen (secondary N) is 2. The number of amides is 1. The Bertz CT molecular complexity index is 248. The Morgan fingerprint density at radius 2 is 1.94 bits per heavy atom. The van der Waals surface area contributed by atoms with Crippen LogP contribution in [0.5, 0.6) is 0 Å². The molecule has 3 N–H and O–H groups in total. The zero-order valence-corrected chi connectivity index (χ0v) is 10.2. The van der Waals surface area contributed by atoms with E-state index in [9.17, 15) is 9.59 Å². The maximum absolute atomic E-state index is 11.3. The fourth-order valence-electron chi connectivity index (χ4n) is 0.939. The van der Waals surface area contributed by atoms with E-state index >= 15 is 0 Å². The fourth-order valence-corrected chi connectivity index (χ4v) is 0.939. The van der Waals surface area contributed by atoms with Crippen LogP contribution in [0.2, 0.25) is 0 Å². The van der Waals surface area contributed by atoms with Crippen LogP contribution in [0, 0.1) is 0 Å². The predicted octanol–water partition coefficient (Wildman–Crippen LogP) is 0.574. The van der Waals surface area contributed by atoms with Crippen LogP contribution in [0.25, 0.3) is 0 Å². The highest BCUT2D eigenvalue weighted by Gasteiger charge is 2.23. The normalized spacial score (nSPS) is 13.0. The second-order valence-electron chi connectivity index (χ2n) is 4.34. The first-order valence-electron chi connectivity index (χ1n) is 5.19. The molecule has 6 heteroatoms. The van der Waals surface area contributed by atoms with Gasteiger partial charge >= 0.3 is 12.1 Å². The Kier molecular flexibility index (Phi) is 5.81. The van der Waals surface area contributed by atoms with Gasteiger partial charge in [-0.2, -0.15) is 0 Å². The van der Waals surface area contributed by atoms with E-state index in [0.29, 0.717) is 6.54 Å². The van der Waals surface area contributed by atoms with Crippen LogP contribution in [0.3, 0.4) is 0 Å². The molecule has 94 valence electrons. The number of hydrogen-bond donors (Lipinski definition) is 3. The zero-order valence-electron chi connectivity index (χ0n) is 10.2. The number of carbonyl (C=O) groups is 2. The monoisotopic (exact) mass is 232 g/mol. The van der Waals surface area contributed by atoms with E-state index in [0.717, 1.165) is 0 Å². The van der Waals surface area contributed by atoms with E-state index in [1.165, 1.54) is 0 Å². The van der Waals surface area contributed by atoms with E-state index in [4.69, 9.17) is 9.84 Å². The van der Waals surface area contributed by atoms with Crippen LogP contribution in [-0.4, -0.2) is 41.9 Å². The van der Waals surface area contributed by atoms with Crippen molar-refractivity contribution in [2.45, 2.75) is 39.3 Å². The molecule has 0 bridgehead atoms. The molecule has 0 radical (unpaired) electrons. The molecule has 1 amide bonds. The van der Waals surface area contributed by atoms with Crippen molar-refractivity contribution < 1.29 is 19.4 Å². The van der Waals surface area contributed by atoms with Crippen LogP contribution in [0.15, 0.2) is 0 Å². The summed E-state index contributed by atoms with van der Waals surface area (Å²) in [5.41, 5.74) is -0.634. The van der Waals surface area contributed by atoms with Crippen molar-refractivity contribution in [1.82, 2.24) is 10.6 Å². The van der Waals surface area contributed by atoms with Crippen molar-refractivity contribution in [3.05, 3.63) is 0 Å². The van der Waals surface area contributed by atoms with E-state index in [-0.39, 0.29) is 6.54 Å². The van der Waals surface area contributed by atoms with Gasteiger partial charge in [0.15, 0.2) is 0 Å². The number of alkyl carbamates (subject to hydrolysis) is 1. The second-order valence-corrected chi connectivity index (χ2v) is 4.34. The molecule has 0 spiro atoms. The summed E-state index contributed by atoms with van der Waals surface area (Å²) in [5, 5.41) is 14.0. The molecule has 6 nitrogen and oxygen atoms in total. The number of rotatable bonds is 5. The minimum absolute atomic E-state index is 0.172. The lowest BCUT2D eigenvalue weighted by atomic mass is 10.2. The number of ether oxygens (including phenoxy) is 1. The molecule has 0 saturated carbocycles. The fraction of sp³-hybridized carbons (Fsp3) is 0.800. The average molecular weight is 232 g/mol. The van der Waals surface area contributed by atoms with Gasteiger partial charge in [0.25, 0.3) is 0 Å². The molecule has 0 heterocycles. The van der Waals surface area contributed by atoms with E-state index in [1.807, 2.05) is 6.92 Å². The van der Waals surface area contributed by atoms with Gasteiger partial charge in [-0.25, -0.2) is 9.59 Å². The zero-order chi connectivity index (χ0) is 12.8. The highest BCUT2D eigenvalue weighted by Crippen LogP contribution is 2.06. The van der Waals surface area contributed by atoms with E-state index in [1.54, 1.807) is 20.8 Å².